The average Bonchev–Trinajstić information content (AvgIpc) is 3.23. The van der Waals surface area contributed by atoms with Crippen LogP contribution in [0.1, 0.15) is 36.8 Å². The monoisotopic (exact) mass is 462 g/mol. The van der Waals surface area contributed by atoms with E-state index in [0.29, 0.717) is 38.4 Å². The van der Waals surface area contributed by atoms with Crippen LogP contribution in [0, 0.1) is 11.7 Å². The van der Waals surface area contributed by atoms with Gasteiger partial charge in [-0.3, -0.25) is 4.90 Å². The van der Waals surface area contributed by atoms with Crippen LogP contribution < -0.4 is 4.90 Å². The summed E-state index contributed by atoms with van der Waals surface area (Å²) in [5.41, 5.74) is 0.830. The average molecular weight is 462 g/mol. The van der Waals surface area contributed by atoms with Crippen molar-refractivity contribution >= 4 is 5.69 Å². The third-order valence-electron chi connectivity index (χ3n) is 5.95. The molecule has 1 saturated heterocycles. The zero-order valence-electron chi connectivity index (χ0n) is 18.5. The van der Waals surface area contributed by atoms with Gasteiger partial charge in [-0.25, -0.2) is 9.07 Å². The normalized spacial score (nSPS) is 16.4. The first kappa shape index (κ1) is 23.2. The number of alkyl halides is 3. The SMILES string of the molecule is CC(C)[C@H](c1nnnn1Cc1ccc(F)cc1)N1CCN(c2cccc(C(F)(F)F)c2)CC1. The molecule has 4 rings (SSSR count). The third kappa shape index (κ3) is 5.32. The van der Waals surface area contributed by atoms with E-state index in [1.54, 1.807) is 22.9 Å². The Morgan fingerprint density at radius 1 is 0.970 bits per heavy atom. The number of piperazine rings is 1. The number of tetrazole rings is 1. The minimum atomic E-state index is -4.36. The fourth-order valence-electron chi connectivity index (χ4n) is 4.32. The van der Waals surface area contributed by atoms with E-state index in [2.05, 4.69) is 34.3 Å². The van der Waals surface area contributed by atoms with E-state index >= 15 is 0 Å². The van der Waals surface area contributed by atoms with Gasteiger partial charge < -0.3 is 4.90 Å². The van der Waals surface area contributed by atoms with Crippen molar-refractivity contribution in [3.8, 4) is 0 Å². The Balaban J connectivity index is 1.48. The molecular weight excluding hydrogens is 436 g/mol. The van der Waals surface area contributed by atoms with Gasteiger partial charge in [-0.05, 0) is 52.2 Å². The molecule has 1 fully saturated rings. The number of nitrogens with zero attached hydrogens (tertiary/aromatic N) is 6. The molecule has 0 bridgehead atoms. The quantitative estimate of drug-likeness (QED) is 0.509. The van der Waals surface area contributed by atoms with Gasteiger partial charge in [0.05, 0.1) is 18.2 Å². The summed E-state index contributed by atoms with van der Waals surface area (Å²) < 4.78 is 54.3. The first-order valence-corrected chi connectivity index (χ1v) is 10.9. The Hall–Kier alpha value is -3.01. The number of aromatic nitrogens is 4. The van der Waals surface area contributed by atoms with Gasteiger partial charge in [0.1, 0.15) is 5.82 Å². The lowest BCUT2D eigenvalue weighted by atomic mass is 10.0. The molecule has 2 aromatic carbocycles. The molecule has 3 aromatic rings. The lowest BCUT2D eigenvalue weighted by Crippen LogP contribution is -2.49. The maximum atomic E-state index is 13.2. The van der Waals surface area contributed by atoms with Crippen LogP contribution in [0.15, 0.2) is 48.5 Å². The van der Waals surface area contributed by atoms with Crippen LogP contribution in [0.2, 0.25) is 0 Å². The zero-order chi connectivity index (χ0) is 23.6. The minimum absolute atomic E-state index is 0.0518. The second-order valence-corrected chi connectivity index (χ2v) is 8.58. The number of hydrogen-bond donors (Lipinski definition) is 0. The highest BCUT2D eigenvalue weighted by Crippen LogP contribution is 2.33. The topological polar surface area (TPSA) is 50.1 Å². The molecule has 0 amide bonds. The molecule has 33 heavy (non-hydrogen) atoms. The molecule has 0 aliphatic carbocycles. The Morgan fingerprint density at radius 2 is 1.67 bits per heavy atom. The summed E-state index contributed by atoms with van der Waals surface area (Å²) >= 11 is 0. The summed E-state index contributed by atoms with van der Waals surface area (Å²) in [6, 6.07) is 11.6. The van der Waals surface area contributed by atoms with Crippen LogP contribution in [-0.2, 0) is 12.7 Å². The van der Waals surface area contributed by atoms with Crippen molar-refractivity contribution in [1.82, 2.24) is 25.1 Å². The van der Waals surface area contributed by atoms with E-state index in [1.807, 2.05) is 4.90 Å². The number of benzene rings is 2. The molecule has 176 valence electrons. The van der Waals surface area contributed by atoms with Crippen molar-refractivity contribution in [3.63, 3.8) is 0 Å². The highest BCUT2D eigenvalue weighted by molar-refractivity contribution is 5.49. The fourth-order valence-corrected chi connectivity index (χ4v) is 4.32. The van der Waals surface area contributed by atoms with Crippen LogP contribution >= 0.6 is 0 Å². The minimum Gasteiger partial charge on any atom is -0.369 e. The van der Waals surface area contributed by atoms with Crippen LogP contribution in [0.3, 0.4) is 0 Å². The summed E-state index contributed by atoms with van der Waals surface area (Å²) in [5, 5.41) is 12.3. The molecule has 1 atom stereocenters. The van der Waals surface area contributed by atoms with Crippen molar-refractivity contribution in [2.24, 2.45) is 5.92 Å². The Morgan fingerprint density at radius 3 is 2.30 bits per heavy atom. The van der Waals surface area contributed by atoms with Gasteiger partial charge in [0.25, 0.3) is 0 Å². The molecule has 0 saturated carbocycles. The summed E-state index contributed by atoms with van der Waals surface area (Å²) in [6.07, 6.45) is -4.36. The lowest BCUT2D eigenvalue weighted by Gasteiger charge is -2.41. The van der Waals surface area contributed by atoms with Crippen LogP contribution in [-0.4, -0.2) is 51.3 Å². The molecule has 1 aliphatic heterocycles. The van der Waals surface area contributed by atoms with E-state index in [0.717, 1.165) is 17.5 Å². The summed E-state index contributed by atoms with van der Waals surface area (Å²) in [6.45, 7) is 7.16. The molecule has 6 nitrogen and oxygen atoms in total. The molecule has 0 unspecified atom stereocenters. The van der Waals surface area contributed by atoms with E-state index in [1.165, 1.54) is 24.3 Å². The van der Waals surface area contributed by atoms with Gasteiger partial charge in [-0.1, -0.05) is 32.0 Å². The molecule has 0 spiro atoms. The van der Waals surface area contributed by atoms with E-state index < -0.39 is 11.7 Å². The molecule has 0 radical (unpaired) electrons. The molecule has 0 N–H and O–H groups in total. The number of hydrogen-bond acceptors (Lipinski definition) is 5. The first-order valence-electron chi connectivity index (χ1n) is 10.9. The predicted molar refractivity (Wildman–Crippen MR) is 116 cm³/mol. The van der Waals surface area contributed by atoms with Gasteiger partial charge in [-0.2, -0.15) is 13.2 Å². The third-order valence-corrected chi connectivity index (χ3v) is 5.95. The predicted octanol–water partition coefficient (Wildman–Crippen LogP) is 4.40. The van der Waals surface area contributed by atoms with Crippen LogP contribution in [0.25, 0.3) is 0 Å². The van der Waals surface area contributed by atoms with Gasteiger partial charge >= 0.3 is 6.18 Å². The van der Waals surface area contributed by atoms with Crippen LogP contribution in [0.5, 0.6) is 0 Å². The number of halogens is 4. The van der Waals surface area contributed by atoms with Gasteiger partial charge in [-0.15, -0.1) is 5.10 Å². The maximum absolute atomic E-state index is 13.2. The van der Waals surface area contributed by atoms with Gasteiger partial charge in [0.15, 0.2) is 5.82 Å². The molecule has 2 heterocycles. The highest BCUT2D eigenvalue weighted by atomic mass is 19.4. The van der Waals surface area contributed by atoms with Crippen molar-refractivity contribution in [1.29, 1.82) is 0 Å². The molecule has 1 aliphatic rings. The Bertz CT molecular complexity index is 1060. The number of anilines is 1. The van der Waals surface area contributed by atoms with Gasteiger partial charge in [0, 0.05) is 31.9 Å². The highest BCUT2D eigenvalue weighted by Gasteiger charge is 2.33. The smallest absolute Gasteiger partial charge is 0.369 e. The zero-order valence-corrected chi connectivity index (χ0v) is 18.5. The standard InChI is InChI=1S/C23H26F4N6/c1-16(2)21(22-28-29-30-33(22)15-17-6-8-19(24)9-7-17)32-12-10-31(11-13-32)20-5-3-4-18(14-20)23(25,26)27/h3-9,14,16,21H,10-13,15H2,1-2H3/t21-/m1/s1. The van der Waals surface area contributed by atoms with Crippen molar-refractivity contribution in [2.45, 2.75) is 32.6 Å². The van der Waals surface area contributed by atoms with Crippen molar-refractivity contribution in [3.05, 3.63) is 71.3 Å². The summed E-state index contributed by atoms with van der Waals surface area (Å²) in [4.78, 5) is 4.26. The van der Waals surface area contributed by atoms with Crippen LogP contribution in [0.4, 0.5) is 23.2 Å². The Labute approximate surface area is 189 Å². The second kappa shape index (κ2) is 9.46. The van der Waals surface area contributed by atoms with E-state index in [-0.39, 0.29) is 17.8 Å². The number of rotatable bonds is 6. The first-order chi connectivity index (χ1) is 15.7. The summed E-state index contributed by atoms with van der Waals surface area (Å²) in [5.74, 6) is 0.638. The van der Waals surface area contributed by atoms with E-state index in [9.17, 15) is 17.6 Å². The largest absolute Gasteiger partial charge is 0.416 e. The summed E-state index contributed by atoms with van der Waals surface area (Å²) in [7, 11) is 0. The van der Waals surface area contributed by atoms with E-state index in [4.69, 9.17) is 0 Å². The second-order valence-electron chi connectivity index (χ2n) is 8.58. The fraction of sp³-hybridized carbons (Fsp3) is 0.435. The van der Waals surface area contributed by atoms with Crippen molar-refractivity contribution in [2.75, 3.05) is 31.1 Å². The molecule has 1 aromatic heterocycles. The van der Waals surface area contributed by atoms with Gasteiger partial charge in [0.2, 0.25) is 0 Å². The van der Waals surface area contributed by atoms with Crippen molar-refractivity contribution < 1.29 is 17.6 Å². The Kier molecular flexibility index (Phi) is 6.64. The molecule has 10 heteroatoms. The molecular formula is C23H26F4N6. The maximum Gasteiger partial charge on any atom is 0.416 e. The lowest BCUT2D eigenvalue weighted by molar-refractivity contribution is -0.137.